The molecule has 0 aliphatic rings. The first-order valence-corrected chi connectivity index (χ1v) is 2.45. The molecule has 0 aliphatic carbocycles. The normalized spacial score (nSPS) is 11.4. The topological polar surface area (TPSA) is 17.1 Å². The van der Waals surface area contributed by atoms with Gasteiger partial charge < -0.3 is 0 Å². The molecule has 0 aromatic rings. The zero-order valence-electron chi connectivity index (χ0n) is 5.41. The summed E-state index contributed by atoms with van der Waals surface area (Å²) in [5, 5.41) is 0. The third kappa shape index (κ3) is 2.38. The molecule has 0 unspecified atom stereocenters. The van der Waals surface area contributed by atoms with Gasteiger partial charge in [0.1, 0.15) is 5.78 Å². The molecule has 0 aromatic heterocycles. The van der Waals surface area contributed by atoms with Crippen molar-refractivity contribution in [1.82, 2.24) is 0 Å². The zero-order chi connectivity index (χ0) is 6.08. The van der Waals surface area contributed by atoms with Crippen LogP contribution < -0.4 is 0 Å². The zero-order valence-corrected chi connectivity index (χ0v) is 5.41. The Morgan fingerprint density at radius 3 is 1.43 bits per heavy atom. The lowest BCUT2D eigenvalue weighted by Gasteiger charge is -2.11. The van der Waals surface area contributed by atoms with Gasteiger partial charge in [-0.1, -0.05) is 20.8 Å². The Morgan fingerprint density at radius 2 is 1.43 bits per heavy atom. The molecule has 0 saturated heterocycles. The van der Waals surface area contributed by atoms with E-state index in [0.29, 0.717) is 0 Å². The van der Waals surface area contributed by atoms with Crippen molar-refractivity contribution in [3.63, 3.8) is 0 Å². The van der Waals surface area contributed by atoms with Crippen LogP contribution in [0.15, 0.2) is 0 Å². The van der Waals surface area contributed by atoms with Crippen molar-refractivity contribution in [2.24, 2.45) is 5.41 Å². The molecule has 0 aliphatic heterocycles. The van der Waals surface area contributed by atoms with Crippen molar-refractivity contribution < 1.29 is 4.79 Å². The van der Waals surface area contributed by atoms with E-state index in [9.17, 15) is 4.79 Å². The fourth-order valence-corrected chi connectivity index (χ4v) is 0. The Balaban J connectivity index is 3.79. The molecule has 0 aromatic carbocycles. The lowest BCUT2D eigenvalue weighted by atomic mass is 10.1. The fourth-order valence-electron chi connectivity index (χ4n) is 0. The molecule has 1 nitrogen and oxygen atoms in total. The van der Waals surface area contributed by atoms with Gasteiger partial charge in [0.05, 0.1) is 0 Å². The third-order valence-electron chi connectivity index (χ3n) is 1.06. The lowest BCUT2D eigenvalue weighted by Crippen LogP contribution is -2.15. The Hall–Kier alpha value is -0.330. The highest BCUT2D eigenvalue weighted by Gasteiger charge is 2.14. The van der Waals surface area contributed by atoms with Crippen LogP contribution in [0.2, 0.25) is 0 Å². The van der Waals surface area contributed by atoms with Crippen LogP contribution in [0.1, 0.15) is 27.7 Å². The van der Waals surface area contributed by atoms with Gasteiger partial charge in [0, 0.05) is 5.41 Å². The molecule has 0 rings (SSSR count). The molecule has 0 bridgehead atoms. The van der Waals surface area contributed by atoms with E-state index in [-0.39, 0.29) is 11.2 Å². The van der Waals surface area contributed by atoms with Crippen LogP contribution in [0.25, 0.3) is 0 Å². The number of hydrogen-bond acceptors (Lipinski definition) is 1. The molecule has 0 spiro atoms. The molecular weight excluding hydrogens is 90.1 g/mol. The number of carbonyl (C=O) groups is 1. The number of carbonyl (C=O) groups excluding carboxylic acids is 1. The largest absolute Gasteiger partial charge is 0.299 e. The van der Waals surface area contributed by atoms with Crippen LogP contribution in [-0.2, 0) is 4.79 Å². The lowest BCUT2D eigenvalue weighted by molar-refractivity contribution is -0.124. The standard InChI is InChI=1S/C6H12O/c1-5(7)6(2,3)4/h1-4H3/i5+2. The first-order valence-electron chi connectivity index (χ1n) is 2.45. The maximum Gasteiger partial charge on any atom is 0.135 e. The molecule has 0 N–H and O–H groups in total. The van der Waals surface area contributed by atoms with E-state index >= 15 is 0 Å². The summed E-state index contributed by atoms with van der Waals surface area (Å²) in [6.07, 6.45) is 0. The second-order valence-corrected chi connectivity index (χ2v) is 2.81. The smallest absolute Gasteiger partial charge is 0.135 e. The van der Waals surface area contributed by atoms with Gasteiger partial charge in [-0.2, -0.15) is 0 Å². The van der Waals surface area contributed by atoms with Crippen LogP contribution in [0.3, 0.4) is 0 Å². The highest BCUT2D eigenvalue weighted by atomic mass is 16.3. The highest BCUT2D eigenvalue weighted by molar-refractivity contribution is 5.80. The summed E-state index contributed by atoms with van der Waals surface area (Å²) in [5.74, 6) is 0.243. The van der Waals surface area contributed by atoms with Gasteiger partial charge in [-0.05, 0) is 6.92 Å². The number of Topliss-reactive ketones (excluding diaryl/α,β-unsaturated/α-hetero) is 1. The van der Waals surface area contributed by atoms with E-state index in [0.717, 1.165) is 0 Å². The van der Waals surface area contributed by atoms with E-state index in [1.807, 2.05) is 20.8 Å². The summed E-state index contributed by atoms with van der Waals surface area (Å²) >= 11 is 0. The highest BCUT2D eigenvalue weighted by Crippen LogP contribution is 2.12. The predicted molar refractivity (Wildman–Crippen MR) is 30.1 cm³/mol. The first-order chi connectivity index (χ1) is 2.94. The van der Waals surface area contributed by atoms with Crippen molar-refractivity contribution in [2.45, 2.75) is 27.7 Å². The third-order valence-corrected chi connectivity index (χ3v) is 1.06. The van der Waals surface area contributed by atoms with Gasteiger partial charge in [0.25, 0.3) is 0 Å². The van der Waals surface area contributed by atoms with Gasteiger partial charge in [0.15, 0.2) is 0 Å². The fraction of sp³-hybridized carbons (Fsp3) is 0.833. The van der Waals surface area contributed by atoms with Crippen LogP contribution in [-0.4, -0.2) is 5.78 Å². The second-order valence-electron chi connectivity index (χ2n) is 2.81. The van der Waals surface area contributed by atoms with Crippen LogP contribution in [0.5, 0.6) is 0 Å². The summed E-state index contributed by atoms with van der Waals surface area (Å²) in [4.78, 5) is 10.5. The average molecular weight is 102 g/mol. The first kappa shape index (κ1) is 6.67. The molecule has 0 radical (unpaired) electrons. The second kappa shape index (κ2) is 1.65. The Bertz CT molecular complexity index is 76.7. The van der Waals surface area contributed by atoms with Crippen molar-refractivity contribution >= 4 is 5.78 Å². The summed E-state index contributed by atoms with van der Waals surface area (Å²) in [6, 6.07) is 0. The maximum atomic E-state index is 10.5. The quantitative estimate of drug-likeness (QED) is 0.454. The Labute approximate surface area is 44.7 Å². The van der Waals surface area contributed by atoms with Crippen LogP contribution in [0.4, 0.5) is 0 Å². The Morgan fingerprint density at radius 1 is 1.29 bits per heavy atom. The van der Waals surface area contributed by atoms with E-state index in [4.69, 9.17) is 0 Å². The minimum Gasteiger partial charge on any atom is -0.299 e. The number of hydrogen-bond donors (Lipinski definition) is 0. The van der Waals surface area contributed by atoms with Crippen LogP contribution in [0, 0.1) is 5.41 Å². The van der Waals surface area contributed by atoms with Gasteiger partial charge in [-0.15, -0.1) is 0 Å². The molecule has 1 heteroatoms. The molecule has 0 atom stereocenters. The van der Waals surface area contributed by atoms with Gasteiger partial charge in [-0.3, -0.25) is 4.79 Å². The summed E-state index contributed by atoms with van der Waals surface area (Å²) < 4.78 is 0. The molecule has 0 heterocycles. The van der Waals surface area contributed by atoms with Crippen molar-refractivity contribution in [3.8, 4) is 0 Å². The van der Waals surface area contributed by atoms with Crippen molar-refractivity contribution in [3.05, 3.63) is 0 Å². The summed E-state index contributed by atoms with van der Waals surface area (Å²) in [6.45, 7) is 7.35. The number of rotatable bonds is 0. The maximum absolute atomic E-state index is 10.5. The van der Waals surface area contributed by atoms with Crippen molar-refractivity contribution in [2.75, 3.05) is 0 Å². The SMILES string of the molecule is C[14C](=O)C(C)(C)C. The predicted octanol–water partition coefficient (Wildman–Crippen LogP) is 1.62. The monoisotopic (exact) mass is 102 g/mol. The molecule has 0 saturated carbocycles. The summed E-state index contributed by atoms with van der Waals surface area (Å²) in [7, 11) is 0. The van der Waals surface area contributed by atoms with Crippen molar-refractivity contribution in [1.29, 1.82) is 0 Å². The summed E-state index contributed by atoms with van der Waals surface area (Å²) in [5.41, 5.74) is -0.139. The van der Waals surface area contributed by atoms with Gasteiger partial charge >= 0.3 is 0 Å². The minimum absolute atomic E-state index is 0.139. The van der Waals surface area contributed by atoms with E-state index in [1.165, 1.54) is 0 Å². The number of ketones is 1. The molecule has 42 valence electrons. The van der Waals surface area contributed by atoms with Gasteiger partial charge in [-0.25, -0.2) is 0 Å². The molecule has 0 fully saturated rings. The molecule has 0 amide bonds. The molecular formula is C6H12O. The average Bonchev–Trinajstić information content (AvgIpc) is 1.31. The van der Waals surface area contributed by atoms with Crippen LogP contribution >= 0.6 is 0 Å². The van der Waals surface area contributed by atoms with E-state index in [2.05, 4.69) is 0 Å². The van der Waals surface area contributed by atoms with Gasteiger partial charge in [0.2, 0.25) is 0 Å². The van der Waals surface area contributed by atoms with E-state index in [1.54, 1.807) is 6.92 Å². The molecule has 7 heavy (non-hydrogen) atoms. The van der Waals surface area contributed by atoms with E-state index < -0.39 is 0 Å². The Kier molecular flexibility index (Phi) is 1.57. The minimum atomic E-state index is -0.139.